The van der Waals surface area contributed by atoms with E-state index in [1.165, 1.54) is 0 Å². The number of hydrogen-bond donors (Lipinski definition) is 2. The topological polar surface area (TPSA) is 74.8 Å². The number of benzene rings is 2. The molecule has 5 nitrogen and oxygen atoms in total. The largest absolute Gasteiger partial charge is 0.352 e. The van der Waals surface area contributed by atoms with Crippen molar-refractivity contribution in [1.82, 2.24) is 15.3 Å². The van der Waals surface area contributed by atoms with E-state index in [-0.39, 0.29) is 11.5 Å². The molecule has 0 atom stereocenters. The summed E-state index contributed by atoms with van der Waals surface area (Å²) in [5.74, 6) is 0.329. The molecular weight excluding hydrogens is 314 g/mol. The Morgan fingerprint density at radius 2 is 2.00 bits per heavy atom. The third kappa shape index (κ3) is 3.57. The molecule has 0 bridgehead atoms. The number of nitrogens with zero attached hydrogens (tertiary/aromatic N) is 1. The zero-order chi connectivity index (χ0) is 16.2. The van der Waals surface area contributed by atoms with Crippen LogP contribution in [-0.4, -0.2) is 22.4 Å². The number of hydrogen-bond acceptors (Lipinski definition) is 3. The number of carbonyl (C=O) groups excluding carboxylic acids is 1. The van der Waals surface area contributed by atoms with Crippen LogP contribution in [0.5, 0.6) is 0 Å². The molecule has 1 amide bonds. The molecule has 0 saturated heterocycles. The van der Waals surface area contributed by atoms with Gasteiger partial charge in [0.15, 0.2) is 0 Å². The van der Waals surface area contributed by atoms with Crippen molar-refractivity contribution < 1.29 is 4.79 Å². The smallest absolute Gasteiger partial charge is 0.258 e. The average Bonchev–Trinajstić information content (AvgIpc) is 2.55. The minimum absolute atomic E-state index is 0.174. The van der Waals surface area contributed by atoms with Crippen molar-refractivity contribution in [2.45, 2.75) is 6.42 Å². The predicted molar refractivity (Wildman–Crippen MR) is 89.9 cm³/mol. The van der Waals surface area contributed by atoms with Crippen LogP contribution in [0.4, 0.5) is 0 Å². The van der Waals surface area contributed by atoms with Crippen LogP contribution in [0.15, 0.2) is 53.3 Å². The molecule has 116 valence electrons. The number of aromatic nitrogens is 2. The molecule has 3 rings (SSSR count). The maximum absolute atomic E-state index is 12.0. The SMILES string of the molecule is O=C(NCCc1nc2ccccc2c(=O)[nH]1)c1cccc(Cl)c1. The summed E-state index contributed by atoms with van der Waals surface area (Å²) in [6.07, 6.45) is 0.437. The second kappa shape index (κ2) is 6.62. The van der Waals surface area contributed by atoms with Crippen LogP contribution >= 0.6 is 11.6 Å². The Labute approximate surface area is 137 Å². The summed E-state index contributed by atoms with van der Waals surface area (Å²) in [6.45, 7) is 0.368. The van der Waals surface area contributed by atoms with Crippen LogP contribution in [-0.2, 0) is 6.42 Å². The number of para-hydroxylation sites is 1. The molecule has 0 saturated carbocycles. The Kier molecular flexibility index (Phi) is 4.39. The van der Waals surface area contributed by atoms with Gasteiger partial charge in [0.2, 0.25) is 0 Å². The van der Waals surface area contributed by atoms with Crippen LogP contribution in [0.2, 0.25) is 5.02 Å². The van der Waals surface area contributed by atoms with Gasteiger partial charge in [-0.2, -0.15) is 0 Å². The second-order valence-corrected chi connectivity index (χ2v) is 5.48. The minimum atomic E-state index is -0.212. The average molecular weight is 328 g/mol. The van der Waals surface area contributed by atoms with Gasteiger partial charge in [-0.25, -0.2) is 4.98 Å². The lowest BCUT2D eigenvalue weighted by Crippen LogP contribution is -2.26. The van der Waals surface area contributed by atoms with Crippen LogP contribution in [0.1, 0.15) is 16.2 Å². The lowest BCUT2D eigenvalue weighted by Gasteiger charge is -2.06. The molecule has 6 heteroatoms. The van der Waals surface area contributed by atoms with Gasteiger partial charge in [0.25, 0.3) is 11.5 Å². The Morgan fingerprint density at radius 3 is 2.83 bits per heavy atom. The predicted octanol–water partition coefficient (Wildman–Crippen LogP) is 2.55. The molecule has 1 heterocycles. The summed E-state index contributed by atoms with van der Waals surface area (Å²) in [6, 6.07) is 13.9. The molecule has 0 radical (unpaired) electrons. The number of rotatable bonds is 4. The van der Waals surface area contributed by atoms with E-state index in [0.29, 0.717) is 40.3 Å². The third-order valence-electron chi connectivity index (χ3n) is 3.40. The van der Waals surface area contributed by atoms with Gasteiger partial charge in [-0.3, -0.25) is 9.59 Å². The molecule has 3 aromatic rings. The highest BCUT2D eigenvalue weighted by Crippen LogP contribution is 2.10. The molecule has 0 aliphatic heterocycles. The molecule has 23 heavy (non-hydrogen) atoms. The Hall–Kier alpha value is -2.66. The molecule has 1 aromatic heterocycles. The van der Waals surface area contributed by atoms with Crippen LogP contribution in [0.3, 0.4) is 0 Å². The van der Waals surface area contributed by atoms with Gasteiger partial charge in [-0.15, -0.1) is 0 Å². The lowest BCUT2D eigenvalue weighted by atomic mass is 10.2. The first-order valence-electron chi connectivity index (χ1n) is 7.15. The first kappa shape index (κ1) is 15.2. The highest BCUT2D eigenvalue weighted by molar-refractivity contribution is 6.30. The van der Waals surface area contributed by atoms with Crippen molar-refractivity contribution in [3.63, 3.8) is 0 Å². The van der Waals surface area contributed by atoms with E-state index in [1.54, 1.807) is 42.5 Å². The van der Waals surface area contributed by atoms with Gasteiger partial charge < -0.3 is 10.3 Å². The number of amides is 1. The molecule has 0 aliphatic carbocycles. The van der Waals surface area contributed by atoms with Gasteiger partial charge in [-0.05, 0) is 30.3 Å². The van der Waals surface area contributed by atoms with E-state index in [4.69, 9.17) is 11.6 Å². The maximum atomic E-state index is 12.0. The summed E-state index contributed by atoms with van der Waals surface area (Å²) >= 11 is 5.86. The zero-order valence-corrected chi connectivity index (χ0v) is 12.9. The Morgan fingerprint density at radius 1 is 1.17 bits per heavy atom. The van der Waals surface area contributed by atoms with E-state index >= 15 is 0 Å². The molecule has 2 N–H and O–H groups in total. The molecule has 0 spiro atoms. The fourth-order valence-corrected chi connectivity index (χ4v) is 2.47. The summed E-state index contributed by atoms with van der Waals surface area (Å²) in [4.78, 5) is 31.1. The van der Waals surface area contributed by atoms with E-state index in [9.17, 15) is 9.59 Å². The van der Waals surface area contributed by atoms with Crippen molar-refractivity contribution in [3.05, 3.63) is 75.3 Å². The fraction of sp³-hybridized carbons (Fsp3) is 0.118. The van der Waals surface area contributed by atoms with E-state index < -0.39 is 0 Å². The Balaban J connectivity index is 1.67. The summed E-state index contributed by atoms with van der Waals surface area (Å²) in [7, 11) is 0. The number of H-pyrrole nitrogens is 1. The van der Waals surface area contributed by atoms with Crippen LogP contribution in [0.25, 0.3) is 10.9 Å². The molecule has 0 fully saturated rings. The van der Waals surface area contributed by atoms with Crippen LogP contribution < -0.4 is 10.9 Å². The van der Waals surface area contributed by atoms with E-state index in [2.05, 4.69) is 15.3 Å². The zero-order valence-electron chi connectivity index (χ0n) is 12.2. The second-order valence-electron chi connectivity index (χ2n) is 5.05. The standard InChI is InChI=1S/C17H14ClN3O2/c18-12-5-3-4-11(10-12)16(22)19-9-8-15-20-14-7-2-1-6-13(14)17(23)21-15/h1-7,10H,8-9H2,(H,19,22)(H,20,21,23). The van der Waals surface area contributed by atoms with Gasteiger partial charge in [0.1, 0.15) is 5.82 Å². The first-order valence-corrected chi connectivity index (χ1v) is 7.53. The molecular formula is C17H14ClN3O2. The highest BCUT2D eigenvalue weighted by Gasteiger charge is 2.07. The van der Waals surface area contributed by atoms with E-state index in [0.717, 1.165) is 0 Å². The number of aromatic amines is 1. The number of fused-ring (bicyclic) bond motifs is 1. The maximum Gasteiger partial charge on any atom is 0.258 e. The van der Waals surface area contributed by atoms with Crippen molar-refractivity contribution in [2.75, 3.05) is 6.54 Å². The lowest BCUT2D eigenvalue weighted by molar-refractivity contribution is 0.0954. The van der Waals surface area contributed by atoms with Gasteiger partial charge in [-0.1, -0.05) is 29.8 Å². The third-order valence-corrected chi connectivity index (χ3v) is 3.63. The van der Waals surface area contributed by atoms with E-state index in [1.807, 2.05) is 6.07 Å². The van der Waals surface area contributed by atoms with Gasteiger partial charge >= 0.3 is 0 Å². The van der Waals surface area contributed by atoms with Crippen molar-refractivity contribution in [3.8, 4) is 0 Å². The summed E-state index contributed by atoms with van der Waals surface area (Å²) in [5, 5.41) is 3.85. The van der Waals surface area contributed by atoms with Crippen molar-refractivity contribution in [2.24, 2.45) is 0 Å². The van der Waals surface area contributed by atoms with Crippen LogP contribution in [0, 0.1) is 0 Å². The minimum Gasteiger partial charge on any atom is -0.352 e. The molecule has 2 aromatic carbocycles. The van der Waals surface area contributed by atoms with Gasteiger partial charge in [0, 0.05) is 23.6 Å². The highest BCUT2D eigenvalue weighted by atomic mass is 35.5. The van der Waals surface area contributed by atoms with Crippen molar-refractivity contribution >= 4 is 28.4 Å². The normalized spacial score (nSPS) is 10.7. The molecule has 0 aliphatic rings. The van der Waals surface area contributed by atoms with Crippen molar-refractivity contribution in [1.29, 1.82) is 0 Å². The monoisotopic (exact) mass is 327 g/mol. The quantitative estimate of drug-likeness (QED) is 0.773. The fourth-order valence-electron chi connectivity index (χ4n) is 2.28. The summed E-state index contributed by atoms with van der Waals surface area (Å²) < 4.78 is 0. The number of halogens is 1. The molecule has 0 unspecified atom stereocenters. The van der Waals surface area contributed by atoms with Gasteiger partial charge in [0.05, 0.1) is 10.9 Å². The summed E-state index contributed by atoms with van der Waals surface area (Å²) in [5.41, 5.74) is 0.969. The Bertz CT molecular complexity index is 921. The first-order chi connectivity index (χ1) is 11.1. The number of carbonyl (C=O) groups is 1. The number of nitrogens with one attached hydrogen (secondary N) is 2.